The van der Waals surface area contributed by atoms with Crippen molar-refractivity contribution in [2.75, 3.05) is 24.5 Å². The first-order chi connectivity index (χ1) is 9.20. The van der Waals surface area contributed by atoms with Crippen molar-refractivity contribution in [3.05, 3.63) is 24.4 Å². The molecule has 98 valence electrons. The van der Waals surface area contributed by atoms with Gasteiger partial charge in [0.05, 0.1) is 18.0 Å². The van der Waals surface area contributed by atoms with Crippen molar-refractivity contribution >= 4 is 11.9 Å². The Morgan fingerprint density at radius 3 is 2.89 bits per heavy atom. The molecular weight excluding hydrogens is 244 g/mol. The molecule has 2 fully saturated rings. The van der Waals surface area contributed by atoms with Gasteiger partial charge < -0.3 is 14.9 Å². The van der Waals surface area contributed by atoms with Crippen molar-refractivity contribution < 1.29 is 9.90 Å². The fourth-order valence-electron chi connectivity index (χ4n) is 2.96. The van der Waals surface area contributed by atoms with Crippen LogP contribution in [0.3, 0.4) is 0 Å². The molecular formula is C13H14N4O2. The minimum Gasteiger partial charge on any atom is -0.465 e. The van der Waals surface area contributed by atoms with Gasteiger partial charge in [-0.3, -0.25) is 0 Å². The van der Waals surface area contributed by atoms with E-state index in [9.17, 15) is 10.1 Å². The Hall–Kier alpha value is -2.29. The van der Waals surface area contributed by atoms with E-state index in [1.165, 1.54) is 4.90 Å². The van der Waals surface area contributed by atoms with Crippen molar-refractivity contribution in [3.63, 3.8) is 0 Å². The summed E-state index contributed by atoms with van der Waals surface area (Å²) >= 11 is 0. The lowest BCUT2D eigenvalue weighted by molar-refractivity contribution is -0.00272. The Balaban J connectivity index is 1.82. The van der Waals surface area contributed by atoms with Gasteiger partial charge in [-0.2, -0.15) is 5.26 Å². The minimum absolute atomic E-state index is 0.0853. The van der Waals surface area contributed by atoms with Crippen molar-refractivity contribution in [3.8, 4) is 6.07 Å². The molecule has 3 heterocycles. The molecule has 2 saturated heterocycles. The molecule has 3 rings (SSSR count). The lowest BCUT2D eigenvalue weighted by Crippen LogP contribution is -2.68. The normalized spacial score (nSPS) is 29.1. The predicted octanol–water partition coefficient (Wildman–Crippen LogP) is 1.02. The molecule has 3 atom stereocenters. The molecule has 0 aromatic carbocycles. The number of hydrogen-bond acceptors (Lipinski definition) is 4. The Morgan fingerprint density at radius 1 is 1.42 bits per heavy atom. The van der Waals surface area contributed by atoms with Gasteiger partial charge in [-0.05, 0) is 12.1 Å². The second kappa shape index (κ2) is 4.43. The molecule has 0 spiro atoms. The van der Waals surface area contributed by atoms with Crippen molar-refractivity contribution in [1.82, 2.24) is 9.88 Å². The molecule has 3 unspecified atom stereocenters. The van der Waals surface area contributed by atoms with Gasteiger partial charge in [-0.25, -0.2) is 9.78 Å². The Kier molecular flexibility index (Phi) is 2.75. The SMILES string of the molecule is N#CC1CN(c2ccccn2)CC2C1CN2C(=O)O. The van der Waals surface area contributed by atoms with E-state index >= 15 is 0 Å². The zero-order valence-electron chi connectivity index (χ0n) is 10.3. The van der Waals surface area contributed by atoms with Crippen molar-refractivity contribution in [2.24, 2.45) is 11.8 Å². The van der Waals surface area contributed by atoms with Crippen LogP contribution < -0.4 is 4.90 Å². The molecule has 0 saturated carbocycles. The summed E-state index contributed by atoms with van der Waals surface area (Å²) in [6.07, 6.45) is 0.805. The number of nitrogens with zero attached hydrogens (tertiary/aromatic N) is 4. The van der Waals surface area contributed by atoms with E-state index in [-0.39, 0.29) is 17.9 Å². The van der Waals surface area contributed by atoms with Crippen LogP contribution in [0.4, 0.5) is 10.6 Å². The predicted molar refractivity (Wildman–Crippen MR) is 67.6 cm³/mol. The van der Waals surface area contributed by atoms with E-state index in [1.807, 2.05) is 23.1 Å². The van der Waals surface area contributed by atoms with Gasteiger partial charge in [-0.1, -0.05) is 6.07 Å². The van der Waals surface area contributed by atoms with Crippen LogP contribution in [0.5, 0.6) is 0 Å². The number of hydrogen-bond donors (Lipinski definition) is 1. The van der Waals surface area contributed by atoms with Crippen LogP contribution in [0.25, 0.3) is 0 Å². The van der Waals surface area contributed by atoms with E-state index in [1.54, 1.807) is 6.20 Å². The number of anilines is 1. The summed E-state index contributed by atoms with van der Waals surface area (Å²) in [5, 5.41) is 18.3. The van der Waals surface area contributed by atoms with Gasteiger partial charge in [0.15, 0.2) is 0 Å². The molecule has 6 heteroatoms. The monoisotopic (exact) mass is 258 g/mol. The number of nitriles is 1. The summed E-state index contributed by atoms with van der Waals surface area (Å²) < 4.78 is 0. The van der Waals surface area contributed by atoms with Gasteiger partial charge >= 0.3 is 6.09 Å². The van der Waals surface area contributed by atoms with Crippen molar-refractivity contribution in [2.45, 2.75) is 6.04 Å². The van der Waals surface area contributed by atoms with E-state index in [0.717, 1.165) is 5.82 Å². The van der Waals surface area contributed by atoms with Gasteiger partial charge in [0.1, 0.15) is 5.82 Å². The topological polar surface area (TPSA) is 80.5 Å². The minimum atomic E-state index is -0.902. The molecule has 0 bridgehead atoms. The van der Waals surface area contributed by atoms with Crippen LogP contribution in [0.1, 0.15) is 0 Å². The fraction of sp³-hybridized carbons (Fsp3) is 0.462. The zero-order chi connectivity index (χ0) is 13.4. The van der Waals surface area contributed by atoms with Gasteiger partial charge in [0.25, 0.3) is 0 Å². The molecule has 19 heavy (non-hydrogen) atoms. The van der Waals surface area contributed by atoms with E-state index < -0.39 is 6.09 Å². The molecule has 1 N–H and O–H groups in total. The summed E-state index contributed by atoms with van der Waals surface area (Å²) in [4.78, 5) is 18.8. The highest BCUT2D eigenvalue weighted by atomic mass is 16.4. The average molecular weight is 258 g/mol. The quantitative estimate of drug-likeness (QED) is 0.813. The standard InChI is InChI=1S/C13H14N4O2/c14-5-9-6-16(12-3-1-2-4-15-12)8-11-10(9)7-17(11)13(18)19/h1-4,9-11H,6-8H2,(H,18,19). The summed E-state index contributed by atoms with van der Waals surface area (Å²) in [5.74, 6) is 0.843. The molecule has 0 aliphatic carbocycles. The second-order valence-electron chi connectivity index (χ2n) is 4.99. The molecule has 1 aromatic heterocycles. The third kappa shape index (κ3) is 1.87. The van der Waals surface area contributed by atoms with Crippen LogP contribution in [0.15, 0.2) is 24.4 Å². The van der Waals surface area contributed by atoms with E-state index in [2.05, 4.69) is 11.1 Å². The van der Waals surface area contributed by atoms with Crippen LogP contribution in [0, 0.1) is 23.2 Å². The fourth-order valence-corrected chi connectivity index (χ4v) is 2.96. The van der Waals surface area contributed by atoms with E-state index in [0.29, 0.717) is 19.6 Å². The molecule has 0 radical (unpaired) electrons. The van der Waals surface area contributed by atoms with Crippen molar-refractivity contribution in [1.29, 1.82) is 5.26 Å². The highest BCUT2D eigenvalue weighted by molar-refractivity contribution is 5.67. The van der Waals surface area contributed by atoms with Crippen LogP contribution in [0.2, 0.25) is 0 Å². The maximum Gasteiger partial charge on any atom is 0.407 e. The summed E-state index contributed by atoms with van der Waals surface area (Å²) in [6, 6.07) is 7.84. The number of carboxylic acid groups (broad SMARTS) is 1. The molecule has 6 nitrogen and oxygen atoms in total. The number of carbonyl (C=O) groups is 1. The zero-order valence-corrected chi connectivity index (χ0v) is 10.3. The molecule has 2 aliphatic rings. The number of piperidine rings is 1. The summed E-state index contributed by atoms with van der Waals surface area (Å²) in [7, 11) is 0. The number of amides is 1. The third-order valence-corrected chi connectivity index (χ3v) is 4.03. The first kappa shape index (κ1) is 11.8. The highest BCUT2D eigenvalue weighted by Crippen LogP contribution is 2.37. The summed E-state index contributed by atoms with van der Waals surface area (Å²) in [6.45, 7) is 1.72. The highest BCUT2D eigenvalue weighted by Gasteiger charge is 2.50. The van der Waals surface area contributed by atoms with Gasteiger partial charge in [-0.15, -0.1) is 0 Å². The van der Waals surface area contributed by atoms with Crippen LogP contribution in [-0.2, 0) is 0 Å². The Bertz CT molecular complexity index is 527. The smallest absolute Gasteiger partial charge is 0.407 e. The largest absolute Gasteiger partial charge is 0.465 e. The lowest BCUT2D eigenvalue weighted by atomic mass is 9.75. The first-order valence-corrected chi connectivity index (χ1v) is 6.26. The third-order valence-electron chi connectivity index (χ3n) is 4.03. The first-order valence-electron chi connectivity index (χ1n) is 6.26. The number of rotatable bonds is 1. The number of aromatic nitrogens is 1. The van der Waals surface area contributed by atoms with Crippen LogP contribution >= 0.6 is 0 Å². The number of pyridine rings is 1. The maximum absolute atomic E-state index is 11.1. The summed E-state index contributed by atoms with van der Waals surface area (Å²) in [5.41, 5.74) is 0. The van der Waals surface area contributed by atoms with Gasteiger partial charge in [0, 0.05) is 31.7 Å². The second-order valence-corrected chi connectivity index (χ2v) is 4.99. The van der Waals surface area contributed by atoms with Gasteiger partial charge in [0.2, 0.25) is 0 Å². The lowest BCUT2D eigenvalue weighted by Gasteiger charge is -2.54. The van der Waals surface area contributed by atoms with Crippen LogP contribution in [-0.4, -0.2) is 46.8 Å². The molecule has 1 amide bonds. The molecule has 1 aromatic rings. The number of likely N-dealkylation sites (tertiary alicyclic amines) is 1. The van der Waals surface area contributed by atoms with E-state index in [4.69, 9.17) is 5.11 Å². The molecule has 2 aliphatic heterocycles. The average Bonchev–Trinajstić information content (AvgIpc) is 2.40. The Morgan fingerprint density at radius 2 is 2.26 bits per heavy atom. The number of fused-ring (bicyclic) bond motifs is 1. The maximum atomic E-state index is 11.1. The Labute approximate surface area is 110 Å².